The van der Waals surface area contributed by atoms with Gasteiger partial charge in [-0.15, -0.1) is 0 Å². The molecule has 0 spiro atoms. The SMILES string of the molecule is COc1ccc(CN(C)[C@@H](C)C(=O)Nc2ccccc2OC)cc1F. The van der Waals surface area contributed by atoms with Crippen molar-refractivity contribution < 1.29 is 18.7 Å². The topological polar surface area (TPSA) is 50.8 Å². The molecule has 1 N–H and O–H groups in total. The molecule has 0 aliphatic heterocycles. The van der Waals surface area contributed by atoms with Gasteiger partial charge in [0.25, 0.3) is 0 Å². The highest BCUT2D eigenvalue weighted by atomic mass is 19.1. The fraction of sp³-hybridized carbons (Fsp3) is 0.316. The molecule has 2 aromatic rings. The largest absolute Gasteiger partial charge is 0.495 e. The van der Waals surface area contributed by atoms with E-state index in [4.69, 9.17) is 9.47 Å². The zero-order chi connectivity index (χ0) is 18.4. The van der Waals surface area contributed by atoms with E-state index in [0.717, 1.165) is 5.56 Å². The number of benzene rings is 2. The van der Waals surface area contributed by atoms with Crippen molar-refractivity contribution in [2.45, 2.75) is 19.5 Å². The molecule has 0 aliphatic rings. The van der Waals surface area contributed by atoms with Crippen LogP contribution in [0.25, 0.3) is 0 Å². The van der Waals surface area contributed by atoms with Crippen LogP contribution in [-0.2, 0) is 11.3 Å². The molecule has 0 saturated carbocycles. The highest BCUT2D eigenvalue weighted by molar-refractivity contribution is 5.95. The second kappa shape index (κ2) is 8.48. The summed E-state index contributed by atoms with van der Waals surface area (Å²) in [7, 11) is 4.79. The fourth-order valence-corrected chi connectivity index (χ4v) is 2.42. The van der Waals surface area contributed by atoms with Crippen LogP contribution in [0.15, 0.2) is 42.5 Å². The van der Waals surface area contributed by atoms with Crippen LogP contribution in [-0.4, -0.2) is 38.1 Å². The molecule has 1 atom stereocenters. The molecule has 134 valence electrons. The summed E-state index contributed by atoms with van der Waals surface area (Å²) in [6.07, 6.45) is 0. The van der Waals surface area contributed by atoms with Crippen molar-refractivity contribution in [3.05, 3.63) is 53.8 Å². The van der Waals surface area contributed by atoms with Crippen LogP contribution < -0.4 is 14.8 Å². The first kappa shape index (κ1) is 18.7. The van der Waals surface area contributed by atoms with Crippen LogP contribution >= 0.6 is 0 Å². The number of hydrogen-bond acceptors (Lipinski definition) is 4. The first-order valence-electron chi connectivity index (χ1n) is 7.92. The van der Waals surface area contributed by atoms with E-state index >= 15 is 0 Å². The van der Waals surface area contributed by atoms with Gasteiger partial charge in [-0.1, -0.05) is 18.2 Å². The minimum atomic E-state index is -0.417. The van der Waals surface area contributed by atoms with Crippen LogP contribution in [0, 0.1) is 5.82 Å². The number of amides is 1. The summed E-state index contributed by atoms with van der Waals surface area (Å²) in [5.41, 5.74) is 1.38. The smallest absolute Gasteiger partial charge is 0.241 e. The van der Waals surface area contributed by atoms with Gasteiger partial charge in [0.1, 0.15) is 5.75 Å². The number of rotatable bonds is 7. The predicted molar refractivity (Wildman–Crippen MR) is 95.5 cm³/mol. The first-order valence-corrected chi connectivity index (χ1v) is 7.92. The Bertz CT molecular complexity index is 736. The number of ether oxygens (including phenoxy) is 2. The van der Waals surface area contributed by atoms with Gasteiger partial charge in [0, 0.05) is 6.54 Å². The molecule has 5 nitrogen and oxygen atoms in total. The summed E-state index contributed by atoms with van der Waals surface area (Å²) in [6, 6.07) is 11.6. The number of likely N-dealkylation sites (N-methyl/N-ethyl adjacent to an activating group) is 1. The number of carbonyl (C=O) groups is 1. The van der Waals surface area contributed by atoms with Gasteiger partial charge in [0.05, 0.1) is 25.9 Å². The van der Waals surface area contributed by atoms with Gasteiger partial charge in [-0.3, -0.25) is 9.69 Å². The Kier molecular flexibility index (Phi) is 6.36. The molecule has 0 heterocycles. The number of para-hydroxylation sites is 2. The monoisotopic (exact) mass is 346 g/mol. The third-order valence-electron chi connectivity index (χ3n) is 4.05. The molecule has 1 amide bonds. The normalized spacial score (nSPS) is 11.9. The van der Waals surface area contributed by atoms with E-state index < -0.39 is 11.9 Å². The molecule has 0 aliphatic carbocycles. The maximum atomic E-state index is 13.8. The van der Waals surface area contributed by atoms with Crippen molar-refractivity contribution in [3.8, 4) is 11.5 Å². The molecule has 0 bridgehead atoms. The summed E-state index contributed by atoms with van der Waals surface area (Å²) in [4.78, 5) is 14.3. The van der Waals surface area contributed by atoms with E-state index in [1.165, 1.54) is 13.2 Å². The molecule has 0 unspecified atom stereocenters. The van der Waals surface area contributed by atoms with Crippen molar-refractivity contribution in [3.63, 3.8) is 0 Å². The third kappa shape index (κ3) is 4.70. The van der Waals surface area contributed by atoms with Crippen molar-refractivity contribution in [1.82, 2.24) is 4.90 Å². The number of anilines is 1. The lowest BCUT2D eigenvalue weighted by Gasteiger charge is -2.24. The second-order valence-corrected chi connectivity index (χ2v) is 5.75. The van der Waals surface area contributed by atoms with Crippen molar-refractivity contribution in [2.24, 2.45) is 0 Å². The number of halogens is 1. The average molecular weight is 346 g/mol. The standard InChI is InChI=1S/C19H23FN2O3/c1-13(19(23)21-16-7-5-6-8-18(16)25-4)22(2)12-14-9-10-17(24-3)15(20)11-14/h5-11,13H,12H2,1-4H3,(H,21,23)/t13-/m0/s1. The first-order chi connectivity index (χ1) is 12.0. The lowest BCUT2D eigenvalue weighted by molar-refractivity contribution is -0.120. The Morgan fingerprint density at radius 1 is 1.16 bits per heavy atom. The number of hydrogen-bond donors (Lipinski definition) is 1. The van der Waals surface area contributed by atoms with Crippen molar-refractivity contribution in [1.29, 1.82) is 0 Å². The molecular weight excluding hydrogens is 323 g/mol. The van der Waals surface area contributed by atoms with Gasteiger partial charge in [-0.25, -0.2) is 4.39 Å². The lowest BCUT2D eigenvalue weighted by Crippen LogP contribution is -2.39. The van der Waals surface area contributed by atoms with E-state index in [-0.39, 0.29) is 11.7 Å². The average Bonchev–Trinajstić information content (AvgIpc) is 2.61. The maximum absolute atomic E-state index is 13.8. The third-order valence-corrected chi connectivity index (χ3v) is 4.05. The second-order valence-electron chi connectivity index (χ2n) is 5.75. The molecular formula is C19H23FN2O3. The Morgan fingerprint density at radius 2 is 1.84 bits per heavy atom. The van der Waals surface area contributed by atoms with Crippen LogP contribution in [0.4, 0.5) is 10.1 Å². The summed E-state index contributed by atoms with van der Waals surface area (Å²) < 4.78 is 23.9. The number of nitrogens with one attached hydrogen (secondary N) is 1. The molecule has 0 saturated heterocycles. The summed E-state index contributed by atoms with van der Waals surface area (Å²) in [6.45, 7) is 2.23. The van der Waals surface area contributed by atoms with E-state index in [2.05, 4.69) is 5.32 Å². The van der Waals surface area contributed by atoms with Crippen LogP contribution in [0.5, 0.6) is 11.5 Å². The van der Waals surface area contributed by atoms with E-state index in [1.807, 2.05) is 24.1 Å². The molecule has 0 fully saturated rings. The highest BCUT2D eigenvalue weighted by Crippen LogP contribution is 2.24. The maximum Gasteiger partial charge on any atom is 0.241 e. The van der Waals surface area contributed by atoms with E-state index in [1.54, 1.807) is 38.3 Å². The van der Waals surface area contributed by atoms with Crippen LogP contribution in [0.1, 0.15) is 12.5 Å². The van der Waals surface area contributed by atoms with Gasteiger partial charge in [0.2, 0.25) is 5.91 Å². The van der Waals surface area contributed by atoms with E-state index in [0.29, 0.717) is 18.0 Å². The fourth-order valence-electron chi connectivity index (χ4n) is 2.42. The van der Waals surface area contributed by atoms with Gasteiger partial charge in [-0.2, -0.15) is 0 Å². The van der Waals surface area contributed by atoms with Gasteiger partial charge < -0.3 is 14.8 Å². The Morgan fingerprint density at radius 3 is 2.48 bits per heavy atom. The van der Waals surface area contributed by atoms with Crippen LogP contribution in [0.3, 0.4) is 0 Å². The number of nitrogens with zero attached hydrogens (tertiary/aromatic N) is 1. The predicted octanol–water partition coefficient (Wildman–Crippen LogP) is 3.30. The molecule has 0 aromatic heterocycles. The summed E-state index contributed by atoms with van der Waals surface area (Å²) in [5, 5.41) is 2.86. The Labute approximate surface area is 147 Å². The summed E-state index contributed by atoms with van der Waals surface area (Å²) >= 11 is 0. The van der Waals surface area contributed by atoms with Crippen LogP contribution in [0.2, 0.25) is 0 Å². The molecule has 6 heteroatoms. The van der Waals surface area contributed by atoms with Gasteiger partial charge in [0.15, 0.2) is 11.6 Å². The molecule has 2 aromatic carbocycles. The minimum Gasteiger partial charge on any atom is -0.495 e. The zero-order valence-corrected chi connectivity index (χ0v) is 14.9. The lowest BCUT2D eigenvalue weighted by atomic mass is 10.1. The number of methoxy groups -OCH3 is 2. The van der Waals surface area contributed by atoms with Gasteiger partial charge >= 0.3 is 0 Å². The summed E-state index contributed by atoms with van der Waals surface area (Å²) in [5.74, 6) is 0.219. The van der Waals surface area contributed by atoms with Crippen molar-refractivity contribution >= 4 is 11.6 Å². The molecule has 2 rings (SSSR count). The van der Waals surface area contributed by atoms with Crippen molar-refractivity contribution in [2.75, 3.05) is 26.6 Å². The van der Waals surface area contributed by atoms with E-state index in [9.17, 15) is 9.18 Å². The van der Waals surface area contributed by atoms with Gasteiger partial charge in [-0.05, 0) is 43.8 Å². The highest BCUT2D eigenvalue weighted by Gasteiger charge is 2.19. The molecule has 0 radical (unpaired) electrons. The minimum absolute atomic E-state index is 0.166. The molecule has 25 heavy (non-hydrogen) atoms. The Hall–Kier alpha value is -2.60. The Balaban J connectivity index is 2.02. The zero-order valence-electron chi connectivity index (χ0n) is 14.9. The quantitative estimate of drug-likeness (QED) is 0.836. The number of carbonyl (C=O) groups excluding carboxylic acids is 1.